The van der Waals surface area contributed by atoms with Crippen LogP contribution in [-0.2, 0) is 0 Å². The standard InChI is InChI=1S/C5H11N.C3H6/c6-5-3-1-2-4-5;1-3-2/h5H,1-4,6H2;3H,1H2,2H3. The fourth-order valence-electron chi connectivity index (χ4n) is 0.957. The minimum Gasteiger partial charge on any atom is -0.328 e. The molecule has 0 amide bonds. The molecule has 1 saturated carbocycles. The molecule has 2 N–H and O–H groups in total. The van der Waals surface area contributed by atoms with E-state index in [1.807, 2.05) is 6.92 Å². The van der Waals surface area contributed by atoms with E-state index in [4.69, 9.17) is 5.73 Å². The van der Waals surface area contributed by atoms with E-state index in [2.05, 4.69) is 6.58 Å². The van der Waals surface area contributed by atoms with Crippen LogP contribution in [0.4, 0.5) is 0 Å². The maximum atomic E-state index is 5.53. The first-order chi connectivity index (χ1) is 4.31. The lowest BCUT2D eigenvalue weighted by molar-refractivity contribution is 0.704. The molecule has 0 saturated heterocycles. The summed E-state index contributed by atoms with van der Waals surface area (Å²) in [6, 6.07) is 0.546. The molecule has 0 bridgehead atoms. The van der Waals surface area contributed by atoms with Crippen molar-refractivity contribution in [2.24, 2.45) is 5.73 Å². The third kappa shape index (κ3) is 5.57. The van der Waals surface area contributed by atoms with Crippen LogP contribution in [0.5, 0.6) is 0 Å². The van der Waals surface area contributed by atoms with Gasteiger partial charge in [-0.25, -0.2) is 0 Å². The predicted molar refractivity (Wildman–Crippen MR) is 42.3 cm³/mol. The molecule has 1 rings (SSSR count). The van der Waals surface area contributed by atoms with Gasteiger partial charge in [0.2, 0.25) is 0 Å². The molecule has 0 aromatic carbocycles. The van der Waals surface area contributed by atoms with Gasteiger partial charge in [-0.2, -0.15) is 0 Å². The van der Waals surface area contributed by atoms with E-state index in [0.717, 1.165) is 0 Å². The molecule has 54 valence electrons. The zero-order valence-corrected chi connectivity index (χ0v) is 6.27. The van der Waals surface area contributed by atoms with Crippen LogP contribution in [0.2, 0.25) is 0 Å². The first-order valence-electron chi connectivity index (χ1n) is 3.64. The fraction of sp³-hybridized carbons (Fsp3) is 0.750. The van der Waals surface area contributed by atoms with Crippen LogP contribution in [0.1, 0.15) is 32.6 Å². The Hall–Kier alpha value is -0.300. The predicted octanol–water partition coefficient (Wildman–Crippen LogP) is 2.08. The zero-order chi connectivity index (χ0) is 7.11. The van der Waals surface area contributed by atoms with Crippen LogP contribution in [0.25, 0.3) is 0 Å². The van der Waals surface area contributed by atoms with E-state index >= 15 is 0 Å². The van der Waals surface area contributed by atoms with Crippen LogP contribution in [0.3, 0.4) is 0 Å². The van der Waals surface area contributed by atoms with Crippen molar-refractivity contribution in [2.45, 2.75) is 38.6 Å². The van der Waals surface area contributed by atoms with Gasteiger partial charge >= 0.3 is 0 Å². The molecule has 1 heteroatoms. The minimum absolute atomic E-state index is 0.546. The minimum atomic E-state index is 0.546. The zero-order valence-electron chi connectivity index (χ0n) is 6.27. The molecule has 0 aromatic heterocycles. The molecule has 0 heterocycles. The Bertz CT molecular complexity index is 63.0. The molecule has 0 unspecified atom stereocenters. The number of hydrogen-bond donors (Lipinski definition) is 1. The van der Waals surface area contributed by atoms with Crippen LogP contribution in [0, 0.1) is 0 Å². The van der Waals surface area contributed by atoms with Gasteiger partial charge in [0.15, 0.2) is 0 Å². The molecule has 1 fully saturated rings. The average molecular weight is 127 g/mol. The van der Waals surface area contributed by atoms with E-state index in [1.165, 1.54) is 25.7 Å². The van der Waals surface area contributed by atoms with E-state index in [0.29, 0.717) is 6.04 Å². The maximum Gasteiger partial charge on any atom is 0.00388 e. The van der Waals surface area contributed by atoms with Crippen molar-refractivity contribution in [1.82, 2.24) is 0 Å². The highest BCUT2D eigenvalue weighted by molar-refractivity contribution is 4.67. The molecule has 1 aliphatic carbocycles. The molecule has 1 nitrogen and oxygen atoms in total. The van der Waals surface area contributed by atoms with Crippen LogP contribution in [0.15, 0.2) is 12.7 Å². The van der Waals surface area contributed by atoms with Crippen molar-refractivity contribution in [3.8, 4) is 0 Å². The van der Waals surface area contributed by atoms with Crippen LogP contribution in [-0.4, -0.2) is 6.04 Å². The summed E-state index contributed by atoms with van der Waals surface area (Å²) >= 11 is 0. The molecule has 0 spiro atoms. The Balaban J connectivity index is 0.000000187. The van der Waals surface area contributed by atoms with E-state index in [-0.39, 0.29) is 0 Å². The molecule has 0 atom stereocenters. The molecular weight excluding hydrogens is 110 g/mol. The summed E-state index contributed by atoms with van der Waals surface area (Å²) in [5.74, 6) is 0. The Kier molecular flexibility index (Phi) is 5.64. The lowest BCUT2D eigenvalue weighted by atomic mass is 10.3. The van der Waals surface area contributed by atoms with Crippen molar-refractivity contribution in [2.75, 3.05) is 0 Å². The third-order valence-electron chi connectivity index (χ3n) is 1.40. The topological polar surface area (TPSA) is 26.0 Å². The summed E-state index contributed by atoms with van der Waals surface area (Å²) in [5.41, 5.74) is 5.53. The van der Waals surface area contributed by atoms with Crippen molar-refractivity contribution >= 4 is 0 Å². The van der Waals surface area contributed by atoms with Gasteiger partial charge in [-0.15, -0.1) is 6.58 Å². The maximum absolute atomic E-state index is 5.53. The van der Waals surface area contributed by atoms with Gasteiger partial charge in [-0.3, -0.25) is 0 Å². The second-order valence-corrected chi connectivity index (χ2v) is 2.45. The summed E-state index contributed by atoms with van der Waals surface area (Å²) < 4.78 is 0. The summed E-state index contributed by atoms with van der Waals surface area (Å²) in [4.78, 5) is 0. The summed E-state index contributed by atoms with van der Waals surface area (Å²) in [6.07, 6.45) is 7.00. The molecule has 0 aliphatic heterocycles. The van der Waals surface area contributed by atoms with Gasteiger partial charge in [0, 0.05) is 6.04 Å². The second kappa shape index (κ2) is 5.83. The van der Waals surface area contributed by atoms with Gasteiger partial charge in [0.1, 0.15) is 0 Å². The Labute approximate surface area is 57.9 Å². The van der Waals surface area contributed by atoms with Gasteiger partial charge in [-0.1, -0.05) is 18.9 Å². The SMILES string of the molecule is C=CC.NC1CCCC1. The van der Waals surface area contributed by atoms with Gasteiger partial charge in [0.05, 0.1) is 0 Å². The Morgan fingerprint density at radius 3 is 1.89 bits per heavy atom. The van der Waals surface area contributed by atoms with Crippen LogP contribution >= 0.6 is 0 Å². The molecule has 1 aliphatic rings. The van der Waals surface area contributed by atoms with Gasteiger partial charge in [-0.05, 0) is 19.8 Å². The quantitative estimate of drug-likeness (QED) is 0.495. The van der Waals surface area contributed by atoms with Gasteiger partial charge in [0.25, 0.3) is 0 Å². The molecule has 9 heavy (non-hydrogen) atoms. The largest absolute Gasteiger partial charge is 0.328 e. The fourth-order valence-corrected chi connectivity index (χ4v) is 0.957. The highest BCUT2D eigenvalue weighted by atomic mass is 14.6. The van der Waals surface area contributed by atoms with Crippen molar-refractivity contribution in [3.63, 3.8) is 0 Å². The van der Waals surface area contributed by atoms with Gasteiger partial charge < -0.3 is 5.73 Å². The lowest BCUT2D eigenvalue weighted by Gasteiger charge is -1.92. The smallest absolute Gasteiger partial charge is 0.00388 e. The summed E-state index contributed by atoms with van der Waals surface area (Å²) in [7, 11) is 0. The second-order valence-electron chi connectivity index (χ2n) is 2.45. The number of hydrogen-bond acceptors (Lipinski definition) is 1. The first kappa shape index (κ1) is 8.70. The first-order valence-corrected chi connectivity index (χ1v) is 3.64. The lowest BCUT2D eigenvalue weighted by Crippen LogP contribution is -2.13. The van der Waals surface area contributed by atoms with E-state index in [1.54, 1.807) is 6.08 Å². The number of allylic oxidation sites excluding steroid dienone is 1. The van der Waals surface area contributed by atoms with Crippen molar-refractivity contribution in [1.29, 1.82) is 0 Å². The van der Waals surface area contributed by atoms with Crippen molar-refractivity contribution in [3.05, 3.63) is 12.7 Å². The monoisotopic (exact) mass is 127 g/mol. The average Bonchev–Trinajstić information content (AvgIpc) is 2.20. The van der Waals surface area contributed by atoms with E-state index in [9.17, 15) is 0 Å². The number of nitrogens with two attached hydrogens (primary N) is 1. The summed E-state index contributed by atoms with van der Waals surface area (Å²) in [5, 5.41) is 0. The molecular formula is C8H17N. The Morgan fingerprint density at radius 2 is 1.78 bits per heavy atom. The highest BCUT2D eigenvalue weighted by Crippen LogP contribution is 2.14. The number of rotatable bonds is 0. The highest BCUT2D eigenvalue weighted by Gasteiger charge is 2.07. The normalized spacial score (nSPS) is 18.4. The van der Waals surface area contributed by atoms with Crippen LogP contribution < -0.4 is 5.73 Å². The summed E-state index contributed by atoms with van der Waals surface area (Å²) in [6.45, 7) is 5.25. The Morgan fingerprint density at radius 1 is 1.44 bits per heavy atom. The third-order valence-corrected chi connectivity index (χ3v) is 1.40. The van der Waals surface area contributed by atoms with E-state index < -0.39 is 0 Å². The molecule has 0 aromatic rings. The van der Waals surface area contributed by atoms with Crippen molar-refractivity contribution < 1.29 is 0 Å². The molecule has 0 radical (unpaired) electrons.